The summed E-state index contributed by atoms with van der Waals surface area (Å²) >= 11 is 0. The molecule has 100 valence electrons. The zero-order valence-corrected chi connectivity index (χ0v) is 11.5. The summed E-state index contributed by atoms with van der Waals surface area (Å²) in [5.74, 6) is 1.62. The molecule has 0 fully saturated rings. The number of hydrogen-bond donors (Lipinski definition) is 0. The van der Waals surface area contributed by atoms with Crippen molar-refractivity contribution in [1.82, 2.24) is 9.88 Å². The van der Waals surface area contributed by atoms with Crippen molar-refractivity contribution in [3.63, 3.8) is 0 Å². The molecular formula is C16H20N2O. The van der Waals surface area contributed by atoms with Crippen LogP contribution >= 0.6 is 0 Å². The summed E-state index contributed by atoms with van der Waals surface area (Å²) in [4.78, 5) is 6.23. The average Bonchev–Trinajstić information content (AvgIpc) is 2.42. The fraction of sp³-hybridized carbons (Fsp3) is 0.312. The molecule has 0 aliphatic carbocycles. The first-order chi connectivity index (χ1) is 9.24. The van der Waals surface area contributed by atoms with Gasteiger partial charge in [-0.25, -0.2) is 0 Å². The van der Waals surface area contributed by atoms with Crippen LogP contribution in [0, 0.1) is 0 Å². The summed E-state index contributed by atoms with van der Waals surface area (Å²) in [6.45, 7) is 1.12. The third kappa shape index (κ3) is 4.72. The Hall–Kier alpha value is -1.87. The summed E-state index contributed by atoms with van der Waals surface area (Å²) < 4.78 is 5.71. The second kappa shape index (κ2) is 6.90. The van der Waals surface area contributed by atoms with E-state index >= 15 is 0 Å². The van der Waals surface area contributed by atoms with Crippen LogP contribution in [0.1, 0.15) is 12.0 Å². The Bertz CT molecular complexity index is 480. The van der Waals surface area contributed by atoms with Crippen LogP contribution in [-0.2, 0) is 6.42 Å². The lowest BCUT2D eigenvalue weighted by Gasteiger charge is -2.09. The zero-order chi connectivity index (χ0) is 13.5. The molecule has 1 aromatic heterocycles. The predicted molar refractivity (Wildman–Crippen MR) is 77.6 cm³/mol. The van der Waals surface area contributed by atoms with Gasteiger partial charge in [0.15, 0.2) is 0 Å². The van der Waals surface area contributed by atoms with Crippen LogP contribution in [0.2, 0.25) is 0 Å². The van der Waals surface area contributed by atoms with Gasteiger partial charge in [-0.15, -0.1) is 0 Å². The SMILES string of the molecule is CN(C)CCCc1ccc(Oc2cccnc2)cc1. The molecule has 0 aliphatic rings. The minimum atomic E-state index is 0.767. The Balaban J connectivity index is 1.88. The lowest BCUT2D eigenvalue weighted by Crippen LogP contribution is -2.13. The monoisotopic (exact) mass is 256 g/mol. The third-order valence-electron chi connectivity index (χ3n) is 2.86. The van der Waals surface area contributed by atoms with E-state index in [0.717, 1.165) is 24.5 Å². The van der Waals surface area contributed by atoms with Gasteiger partial charge in [-0.2, -0.15) is 0 Å². The van der Waals surface area contributed by atoms with Gasteiger partial charge in [-0.3, -0.25) is 4.98 Å². The summed E-state index contributed by atoms with van der Waals surface area (Å²) in [5.41, 5.74) is 1.35. The van der Waals surface area contributed by atoms with E-state index in [9.17, 15) is 0 Å². The van der Waals surface area contributed by atoms with E-state index in [1.54, 1.807) is 12.4 Å². The van der Waals surface area contributed by atoms with Crippen molar-refractivity contribution < 1.29 is 4.74 Å². The number of aromatic nitrogens is 1. The molecule has 2 rings (SSSR count). The largest absolute Gasteiger partial charge is 0.456 e. The fourth-order valence-corrected chi connectivity index (χ4v) is 1.87. The van der Waals surface area contributed by atoms with Gasteiger partial charge in [0.2, 0.25) is 0 Å². The average molecular weight is 256 g/mol. The van der Waals surface area contributed by atoms with Crippen molar-refractivity contribution in [2.24, 2.45) is 0 Å². The summed E-state index contributed by atoms with van der Waals surface area (Å²) in [6.07, 6.45) is 5.73. The molecule has 0 radical (unpaired) electrons. The molecule has 0 saturated heterocycles. The molecule has 3 heteroatoms. The Kier molecular flexibility index (Phi) is 4.93. The smallest absolute Gasteiger partial charge is 0.145 e. The molecule has 1 aromatic carbocycles. The lowest BCUT2D eigenvalue weighted by molar-refractivity contribution is 0.400. The van der Waals surface area contributed by atoms with E-state index in [0.29, 0.717) is 0 Å². The normalized spacial score (nSPS) is 10.7. The summed E-state index contributed by atoms with van der Waals surface area (Å²) in [5, 5.41) is 0. The van der Waals surface area contributed by atoms with Crippen molar-refractivity contribution in [3.8, 4) is 11.5 Å². The quantitative estimate of drug-likeness (QED) is 0.792. The van der Waals surface area contributed by atoms with E-state index in [4.69, 9.17) is 4.74 Å². The van der Waals surface area contributed by atoms with E-state index in [1.165, 1.54) is 12.0 Å². The maximum atomic E-state index is 5.71. The minimum Gasteiger partial charge on any atom is -0.456 e. The first kappa shape index (κ1) is 13.6. The van der Waals surface area contributed by atoms with Crippen molar-refractivity contribution in [3.05, 3.63) is 54.4 Å². The second-order valence-corrected chi connectivity index (χ2v) is 4.84. The highest BCUT2D eigenvalue weighted by atomic mass is 16.5. The topological polar surface area (TPSA) is 25.4 Å². The number of pyridine rings is 1. The van der Waals surface area contributed by atoms with Crippen LogP contribution in [0.25, 0.3) is 0 Å². The zero-order valence-electron chi connectivity index (χ0n) is 11.5. The van der Waals surface area contributed by atoms with E-state index < -0.39 is 0 Å². The van der Waals surface area contributed by atoms with Gasteiger partial charge in [-0.1, -0.05) is 12.1 Å². The van der Waals surface area contributed by atoms with Crippen LogP contribution in [0.3, 0.4) is 0 Å². The van der Waals surface area contributed by atoms with Gasteiger partial charge >= 0.3 is 0 Å². The molecule has 0 N–H and O–H groups in total. The number of rotatable bonds is 6. The van der Waals surface area contributed by atoms with Crippen LogP contribution in [0.15, 0.2) is 48.8 Å². The molecule has 0 amide bonds. The molecule has 1 heterocycles. The first-order valence-corrected chi connectivity index (χ1v) is 6.55. The molecule has 0 atom stereocenters. The highest BCUT2D eigenvalue weighted by Crippen LogP contribution is 2.20. The molecule has 2 aromatic rings. The fourth-order valence-electron chi connectivity index (χ4n) is 1.87. The Morgan fingerprint density at radius 1 is 1.05 bits per heavy atom. The first-order valence-electron chi connectivity index (χ1n) is 6.55. The number of aryl methyl sites for hydroxylation is 1. The van der Waals surface area contributed by atoms with Crippen LogP contribution in [0.4, 0.5) is 0 Å². The van der Waals surface area contributed by atoms with Gasteiger partial charge in [0.1, 0.15) is 11.5 Å². The van der Waals surface area contributed by atoms with Crippen molar-refractivity contribution in [2.45, 2.75) is 12.8 Å². The molecule has 0 unspecified atom stereocenters. The molecule has 0 bridgehead atoms. The summed E-state index contributed by atoms with van der Waals surface area (Å²) in [6, 6.07) is 12.0. The van der Waals surface area contributed by atoms with Crippen LogP contribution < -0.4 is 4.74 Å². The van der Waals surface area contributed by atoms with Gasteiger partial charge in [0, 0.05) is 6.20 Å². The maximum absolute atomic E-state index is 5.71. The molecule has 0 aliphatic heterocycles. The van der Waals surface area contributed by atoms with Gasteiger partial charge in [0.05, 0.1) is 6.20 Å². The second-order valence-electron chi connectivity index (χ2n) is 4.84. The number of benzene rings is 1. The highest BCUT2D eigenvalue weighted by Gasteiger charge is 1.98. The van der Waals surface area contributed by atoms with Crippen LogP contribution in [0.5, 0.6) is 11.5 Å². The van der Waals surface area contributed by atoms with Crippen molar-refractivity contribution in [2.75, 3.05) is 20.6 Å². The molecular weight excluding hydrogens is 236 g/mol. The number of nitrogens with zero attached hydrogens (tertiary/aromatic N) is 2. The number of hydrogen-bond acceptors (Lipinski definition) is 3. The van der Waals surface area contributed by atoms with E-state index in [-0.39, 0.29) is 0 Å². The molecule has 3 nitrogen and oxygen atoms in total. The van der Waals surface area contributed by atoms with E-state index in [1.807, 2.05) is 24.3 Å². The van der Waals surface area contributed by atoms with Crippen LogP contribution in [-0.4, -0.2) is 30.5 Å². The van der Waals surface area contributed by atoms with Gasteiger partial charge < -0.3 is 9.64 Å². The lowest BCUT2D eigenvalue weighted by atomic mass is 10.1. The van der Waals surface area contributed by atoms with Crippen molar-refractivity contribution in [1.29, 1.82) is 0 Å². The standard InChI is InChI=1S/C16H20N2O/c1-18(2)12-4-5-14-7-9-15(10-8-14)19-16-6-3-11-17-13-16/h3,6-11,13H,4-5,12H2,1-2H3. The Morgan fingerprint density at radius 2 is 1.84 bits per heavy atom. The van der Waals surface area contributed by atoms with Gasteiger partial charge in [-0.05, 0) is 63.3 Å². The Morgan fingerprint density at radius 3 is 2.47 bits per heavy atom. The highest BCUT2D eigenvalue weighted by molar-refractivity contribution is 5.31. The molecule has 19 heavy (non-hydrogen) atoms. The molecule has 0 saturated carbocycles. The minimum absolute atomic E-state index is 0.767. The summed E-state index contributed by atoms with van der Waals surface area (Å²) in [7, 11) is 4.20. The number of ether oxygens (including phenoxy) is 1. The third-order valence-corrected chi connectivity index (χ3v) is 2.86. The van der Waals surface area contributed by atoms with Crippen molar-refractivity contribution >= 4 is 0 Å². The molecule has 0 spiro atoms. The van der Waals surface area contributed by atoms with Gasteiger partial charge in [0.25, 0.3) is 0 Å². The Labute approximate surface area is 114 Å². The van der Waals surface area contributed by atoms with E-state index in [2.05, 4.69) is 36.1 Å². The predicted octanol–water partition coefficient (Wildman–Crippen LogP) is 3.37. The maximum Gasteiger partial charge on any atom is 0.145 e.